The molecule has 2 aliphatic heterocycles. The summed E-state index contributed by atoms with van der Waals surface area (Å²) in [5, 5.41) is 3.25. The third kappa shape index (κ3) is 5.33. The van der Waals surface area contributed by atoms with Crippen LogP contribution in [0.2, 0.25) is 0 Å². The van der Waals surface area contributed by atoms with Gasteiger partial charge in [-0.15, -0.1) is 24.0 Å². The van der Waals surface area contributed by atoms with Gasteiger partial charge in [-0.3, -0.25) is 9.69 Å². The molecule has 1 unspecified atom stereocenters. The number of amides is 1. The van der Waals surface area contributed by atoms with Gasteiger partial charge < -0.3 is 16.0 Å². The van der Waals surface area contributed by atoms with Gasteiger partial charge in [0.2, 0.25) is 5.91 Å². The standard InChI is InChI=1S/C19H29N5O.HI/c1-2-23-11-3-5-17(23)14-22-19(20)21-13-15-7-9-16(10-8-15)24-12-4-6-18(24)25;/h7-10,17H,2-6,11-14H2,1H3,(H3,20,21,22);1H. The number of hydrogen-bond donors (Lipinski definition) is 2. The number of benzene rings is 1. The van der Waals surface area contributed by atoms with Gasteiger partial charge in [-0.2, -0.15) is 0 Å². The van der Waals surface area contributed by atoms with Crippen molar-refractivity contribution in [3.63, 3.8) is 0 Å². The van der Waals surface area contributed by atoms with Crippen LogP contribution in [0.25, 0.3) is 0 Å². The van der Waals surface area contributed by atoms with Crippen LogP contribution in [-0.4, -0.2) is 49.0 Å². The molecule has 1 amide bonds. The van der Waals surface area contributed by atoms with E-state index in [1.807, 2.05) is 29.2 Å². The van der Waals surface area contributed by atoms with Gasteiger partial charge in [-0.25, -0.2) is 4.99 Å². The molecule has 1 atom stereocenters. The maximum atomic E-state index is 11.8. The van der Waals surface area contributed by atoms with E-state index >= 15 is 0 Å². The highest BCUT2D eigenvalue weighted by Crippen LogP contribution is 2.21. The number of aliphatic imine (C=N–C) groups is 1. The monoisotopic (exact) mass is 471 g/mol. The summed E-state index contributed by atoms with van der Waals surface area (Å²) in [5.41, 5.74) is 8.07. The molecule has 0 saturated carbocycles. The van der Waals surface area contributed by atoms with Crippen molar-refractivity contribution in [3.8, 4) is 0 Å². The van der Waals surface area contributed by atoms with E-state index in [0.29, 0.717) is 25.0 Å². The Hall–Kier alpha value is -1.35. The van der Waals surface area contributed by atoms with E-state index in [-0.39, 0.29) is 29.9 Å². The number of likely N-dealkylation sites (tertiary alicyclic amines) is 1. The molecule has 144 valence electrons. The molecule has 2 saturated heterocycles. The summed E-state index contributed by atoms with van der Waals surface area (Å²) in [6.45, 7) is 6.72. The maximum absolute atomic E-state index is 11.8. The molecule has 26 heavy (non-hydrogen) atoms. The Bertz CT molecular complexity index is 619. The second-order valence-corrected chi connectivity index (χ2v) is 6.82. The van der Waals surface area contributed by atoms with Crippen LogP contribution in [0.5, 0.6) is 0 Å². The third-order valence-corrected chi connectivity index (χ3v) is 5.18. The van der Waals surface area contributed by atoms with Crippen LogP contribution >= 0.6 is 24.0 Å². The normalized spacial score (nSPS) is 21.1. The van der Waals surface area contributed by atoms with Crippen LogP contribution in [-0.2, 0) is 11.3 Å². The van der Waals surface area contributed by atoms with Gasteiger partial charge in [-0.1, -0.05) is 19.1 Å². The Morgan fingerprint density at radius 3 is 2.69 bits per heavy atom. The van der Waals surface area contributed by atoms with Gasteiger partial charge in [0.05, 0.1) is 6.54 Å². The lowest BCUT2D eigenvalue weighted by atomic mass is 10.2. The van der Waals surface area contributed by atoms with Crippen LogP contribution in [0.1, 0.15) is 38.2 Å². The fourth-order valence-corrected chi connectivity index (χ4v) is 3.70. The van der Waals surface area contributed by atoms with Crippen molar-refractivity contribution in [2.45, 2.75) is 45.2 Å². The molecule has 2 aliphatic rings. The summed E-state index contributed by atoms with van der Waals surface area (Å²) in [5.74, 6) is 0.717. The van der Waals surface area contributed by atoms with Crippen molar-refractivity contribution >= 4 is 41.5 Å². The molecule has 0 spiro atoms. The van der Waals surface area contributed by atoms with Gasteiger partial charge in [0, 0.05) is 31.2 Å². The number of halogens is 1. The van der Waals surface area contributed by atoms with E-state index in [2.05, 4.69) is 22.1 Å². The van der Waals surface area contributed by atoms with Gasteiger partial charge in [0.25, 0.3) is 0 Å². The van der Waals surface area contributed by atoms with Crippen molar-refractivity contribution in [2.75, 3.05) is 31.1 Å². The zero-order valence-electron chi connectivity index (χ0n) is 15.5. The number of nitrogens with zero attached hydrogens (tertiary/aromatic N) is 3. The summed E-state index contributed by atoms with van der Waals surface area (Å²) < 4.78 is 0. The minimum absolute atomic E-state index is 0. The van der Waals surface area contributed by atoms with E-state index in [0.717, 1.165) is 37.3 Å². The molecule has 0 radical (unpaired) electrons. The first-order valence-corrected chi connectivity index (χ1v) is 9.34. The number of nitrogens with one attached hydrogen (secondary N) is 1. The van der Waals surface area contributed by atoms with Crippen LogP contribution in [0.4, 0.5) is 5.69 Å². The lowest BCUT2D eigenvalue weighted by molar-refractivity contribution is -0.117. The van der Waals surface area contributed by atoms with Crippen LogP contribution in [0.3, 0.4) is 0 Å². The zero-order chi connectivity index (χ0) is 17.6. The molecule has 1 aromatic rings. The van der Waals surface area contributed by atoms with Crippen LogP contribution < -0.4 is 16.0 Å². The molecule has 6 nitrogen and oxygen atoms in total. The molecular weight excluding hydrogens is 441 g/mol. The number of likely N-dealkylation sites (N-methyl/N-ethyl adjacent to an activating group) is 1. The number of guanidine groups is 1. The molecular formula is C19H30IN5O. The highest BCUT2D eigenvalue weighted by molar-refractivity contribution is 14.0. The fraction of sp³-hybridized carbons (Fsp3) is 0.579. The number of anilines is 1. The number of carbonyl (C=O) groups is 1. The topological polar surface area (TPSA) is 74.0 Å². The van der Waals surface area contributed by atoms with Crippen molar-refractivity contribution in [1.29, 1.82) is 0 Å². The van der Waals surface area contributed by atoms with Crippen molar-refractivity contribution < 1.29 is 4.79 Å². The quantitative estimate of drug-likeness (QED) is 0.380. The summed E-state index contributed by atoms with van der Waals surface area (Å²) in [6.07, 6.45) is 4.10. The first-order valence-electron chi connectivity index (χ1n) is 9.34. The summed E-state index contributed by atoms with van der Waals surface area (Å²) >= 11 is 0. The highest BCUT2D eigenvalue weighted by Gasteiger charge is 2.22. The summed E-state index contributed by atoms with van der Waals surface area (Å²) in [4.78, 5) is 20.5. The Morgan fingerprint density at radius 2 is 2.04 bits per heavy atom. The Labute approximate surface area is 173 Å². The van der Waals surface area contributed by atoms with E-state index < -0.39 is 0 Å². The minimum atomic E-state index is 0. The van der Waals surface area contributed by atoms with Crippen LogP contribution in [0, 0.1) is 0 Å². The van der Waals surface area contributed by atoms with E-state index in [9.17, 15) is 4.79 Å². The average Bonchev–Trinajstić information content (AvgIpc) is 3.27. The molecule has 3 N–H and O–H groups in total. The van der Waals surface area contributed by atoms with Gasteiger partial charge in [-0.05, 0) is 50.0 Å². The number of rotatable bonds is 6. The molecule has 0 aromatic heterocycles. The van der Waals surface area contributed by atoms with E-state index in [1.165, 1.54) is 19.4 Å². The largest absolute Gasteiger partial charge is 0.370 e. The molecule has 2 heterocycles. The molecule has 3 rings (SSSR count). The number of hydrogen-bond acceptors (Lipinski definition) is 3. The van der Waals surface area contributed by atoms with Crippen molar-refractivity contribution in [1.82, 2.24) is 10.2 Å². The first kappa shape index (κ1) is 21.0. The SMILES string of the molecule is CCN1CCCC1CNC(N)=NCc1ccc(N2CCCC2=O)cc1.I. The van der Waals surface area contributed by atoms with Gasteiger partial charge >= 0.3 is 0 Å². The maximum Gasteiger partial charge on any atom is 0.227 e. The summed E-state index contributed by atoms with van der Waals surface area (Å²) in [7, 11) is 0. The third-order valence-electron chi connectivity index (χ3n) is 5.18. The zero-order valence-corrected chi connectivity index (χ0v) is 17.8. The number of nitrogens with two attached hydrogens (primary N) is 1. The Morgan fingerprint density at radius 1 is 1.27 bits per heavy atom. The van der Waals surface area contributed by atoms with Crippen LogP contribution in [0.15, 0.2) is 29.3 Å². The van der Waals surface area contributed by atoms with Gasteiger partial charge in [0.1, 0.15) is 0 Å². The lowest BCUT2D eigenvalue weighted by Crippen LogP contribution is -2.42. The molecule has 2 fully saturated rings. The Kier molecular flexibility index (Phi) is 8.15. The fourth-order valence-electron chi connectivity index (χ4n) is 3.70. The summed E-state index contributed by atoms with van der Waals surface area (Å²) in [6, 6.07) is 8.60. The molecule has 0 bridgehead atoms. The lowest BCUT2D eigenvalue weighted by Gasteiger charge is -2.23. The molecule has 0 aliphatic carbocycles. The second-order valence-electron chi connectivity index (χ2n) is 6.82. The van der Waals surface area contributed by atoms with E-state index in [4.69, 9.17) is 5.73 Å². The minimum Gasteiger partial charge on any atom is -0.370 e. The molecule has 1 aromatic carbocycles. The second kappa shape index (κ2) is 10.1. The van der Waals surface area contributed by atoms with Crippen molar-refractivity contribution in [2.24, 2.45) is 10.7 Å². The van der Waals surface area contributed by atoms with Gasteiger partial charge in [0.15, 0.2) is 5.96 Å². The van der Waals surface area contributed by atoms with E-state index in [1.54, 1.807) is 0 Å². The molecule has 7 heteroatoms. The average molecular weight is 471 g/mol. The predicted molar refractivity (Wildman–Crippen MR) is 117 cm³/mol. The number of carbonyl (C=O) groups excluding carboxylic acids is 1. The van der Waals surface area contributed by atoms with Crippen molar-refractivity contribution in [3.05, 3.63) is 29.8 Å². The highest BCUT2D eigenvalue weighted by atomic mass is 127. The first-order chi connectivity index (χ1) is 12.2. The smallest absolute Gasteiger partial charge is 0.227 e. The predicted octanol–water partition coefficient (Wildman–Crippen LogP) is 2.32. The Balaban J connectivity index is 0.00000243.